The van der Waals surface area contributed by atoms with Crippen molar-refractivity contribution in [3.63, 3.8) is 0 Å². The van der Waals surface area contributed by atoms with Crippen molar-refractivity contribution in [3.05, 3.63) is 41.7 Å². The molecule has 38 heavy (non-hydrogen) atoms. The van der Waals surface area contributed by atoms with Gasteiger partial charge in [0.25, 0.3) is 0 Å². The van der Waals surface area contributed by atoms with Gasteiger partial charge in [0.15, 0.2) is 23.1 Å². The quantitative estimate of drug-likeness (QED) is 0.462. The van der Waals surface area contributed by atoms with E-state index in [1.54, 1.807) is 12.1 Å². The maximum Gasteiger partial charge on any atom is 0.227 e. The average molecular weight is 532 g/mol. The number of nitrogens with zero attached hydrogens (tertiary/aromatic N) is 4. The van der Waals surface area contributed by atoms with Gasteiger partial charge in [-0.15, -0.1) is 0 Å². The molecule has 2 aliphatic rings. The monoisotopic (exact) mass is 531 g/mol. The summed E-state index contributed by atoms with van der Waals surface area (Å²) in [5, 5.41) is 12.8. The van der Waals surface area contributed by atoms with Gasteiger partial charge in [-0.05, 0) is 44.2 Å². The van der Waals surface area contributed by atoms with Crippen LogP contribution in [0, 0.1) is 23.4 Å². The van der Waals surface area contributed by atoms with Crippen LogP contribution in [0.2, 0.25) is 0 Å². The summed E-state index contributed by atoms with van der Waals surface area (Å²) in [5.41, 5.74) is -0.00333. The predicted molar refractivity (Wildman–Crippen MR) is 139 cm³/mol. The molecule has 2 saturated heterocycles. The average Bonchev–Trinajstić information content (AvgIpc) is 2.94. The molecule has 1 unspecified atom stereocenters. The zero-order valence-electron chi connectivity index (χ0n) is 21.5. The number of ether oxygens (including phenoxy) is 2. The van der Waals surface area contributed by atoms with E-state index in [0.29, 0.717) is 65.5 Å². The highest BCUT2D eigenvalue weighted by Crippen LogP contribution is 2.37. The fraction of sp³-hybridized carbons (Fsp3) is 0.481. The van der Waals surface area contributed by atoms with E-state index in [4.69, 9.17) is 14.5 Å². The molecule has 11 heteroatoms. The maximum absolute atomic E-state index is 14.5. The third-order valence-electron chi connectivity index (χ3n) is 7.51. The molecule has 8 nitrogen and oxygen atoms in total. The number of piperidine rings is 2. The first kappa shape index (κ1) is 26.3. The summed E-state index contributed by atoms with van der Waals surface area (Å²) in [4.78, 5) is 13.9. The second-order valence-electron chi connectivity index (χ2n) is 9.87. The number of likely N-dealkylation sites (tertiary alicyclic amines) is 1. The van der Waals surface area contributed by atoms with Crippen LogP contribution in [0.5, 0.6) is 11.5 Å². The van der Waals surface area contributed by atoms with Gasteiger partial charge < -0.3 is 24.8 Å². The van der Waals surface area contributed by atoms with Gasteiger partial charge in [-0.2, -0.15) is 4.98 Å². The SMILES string of the molecule is COc1cc2nc(N3CCC(N4CCCC(CO)C4)CC3)nc(Nc3c(F)cc(F)cc3F)c2cc1OC. The number of anilines is 3. The van der Waals surface area contributed by atoms with Crippen molar-refractivity contribution in [1.29, 1.82) is 0 Å². The van der Waals surface area contributed by atoms with E-state index in [0.717, 1.165) is 38.8 Å². The topological polar surface area (TPSA) is 83.0 Å². The minimum atomic E-state index is -1.07. The number of aromatic nitrogens is 2. The molecule has 5 rings (SSSR count). The lowest BCUT2D eigenvalue weighted by molar-refractivity contribution is 0.0776. The van der Waals surface area contributed by atoms with Gasteiger partial charge in [-0.25, -0.2) is 18.2 Å². The highest BCUT2D eigenvalue weighted by Gasteiger charge is 2.30. The van der Waals surface area contributed by atoms with Crippen LogP contribution in [0.3, 0.4) is 0 Å². The first-order valence-corrected chi connectivity index (χ1v) is 12.8. The minimum Gasteiger partial charge on any atom is -0.493 e. The second-order valence-corrected chi connectivity index (χ2v) is 9.87. The molecule has 1 atom stereocenters. The standard InChI is InChI=1S/C27H32F3N5O3/c1-37-23-12-19-22(13-24(23)38-2)31-27(33-26(19)32-25-20(29)10-17(28)11-21(25)30)34-8-5-18(6-9-34)35-7-3-4-16(14-35)15-36/h10-13,16,18,36H,3-9,14-15H2,1-2H3,(H,31,32,33). The van der Waals surface area contributed by atoms with Crippen molar-refractivity contribution < 1.29 is 27.8 Å². The summed E-state index contributed by atoms with van der Waals surface area (Å²) >= 11 is 0. The van der Waals surface area contributed by atoms with Gasteiger partial charge in [-0.1, -0.05) is 0 Å². The molecule has 0 radical (unpaired) electrons. The number of hydrogen-bond acceptors (Lipinski definition) is 8. The normalized spacial score (nSPS) is 19.1. The largest absolute Gasteiger partial charge is 0.493 e. The lowest BCUT2D eigenvalue weighted by Crippen LogP contribution is -2.49. The number of halogens is 3. The number of aliphatic hydroxyl groups is 1. The molecular formula is C27H32F3N5O3. The van der Waals surface area contributed by atoms with Crippen LogP contribution < -0.4 is 19.7 Å². The molecule has 3 heterocycles. The highest BCUT2D eigenvalue weighted by atomic mass is 19.1. The Morgan fingerprint density at radius 2 is 1.63 bits per heavy atom. The highest BCUT2D eigenvalue weighted by molar-refractivity contribution is 5.94. The van der Waals surface area contributed by atoms with Crippen molar-refractivity contribution in [2.24, 2.45) is 5.92 Å². The second kappa shape index (κ2) is 11.2. The Labute approximate surface area is 219 Å². The molecule has 2 N–H and O–H groups in total. The molecule has 0 aliphatic carbocycles. The van der Waals surface area contributed by atoms with E-state index in [9.17, 15) is 18.3 Å². The third kappa shape index (κ3) is 5.30. The maximum atomic E-state index is 14.5. The van der Waals surface area contributed by atoms with Crippen LogP contribution in [0.4, 0.5) is 30.6 Å². The third-order valence-corrected chi connectivity index (χ3v) is 7.51. The van der Waals surface area contributed by atoms with Crippen LogP contribution in [-0.4, -0.2) is 73.0 Å². The number of methoxy groups -OCH3 is 2. The predicted octanol–water partition coefficient (Wildman–Crippen LogP) is 4.48. The van der Waals surface area contributed by atoms with Crippen molar-refractivity contribution in [2.75, 3.05) is 57.2 Å². The number of fused-ring (bicyclic) bond motifs is 1. The van der Waals surface area contributed by atoms with E-state index >= 15 is 0 Å². The lowest BCUT2D eigenvalue weighted by atomic mass is 9.94. The number of nitrogens with one attached hydrogen (secondary N) is 1. The van der Waals surface area contributed by atoms with Crippen molar-refractivity contribution in [2.45, 2.75) is 31.7 Å². The van der Waals surface area contributed by atoms with Crippen molar-refractivity contribution in [3.8, 4) is 11.5 Å². The molecule has 1 aromatic heterocycles. The Balaban J connectivity index is 1.46. The Morgan fingerprint density at radius 1 is 0.947 bits per heavy atom. The Hall–Kier alpha value is -3.31. The van der Waals surface area contributed by atoms with Gasteiger partial charge >= 0.3 is 0 Å². The zero-order valence-corrected chi connectivity index (χ0v) is 21.5. The summed E-state index contributed by atoms with van der Waals surface area (Å²) in [6.45, 7) is 3.60. The molecule has 2 fully saturated rings. The lowest BCUT2D eigenvalue weighted by Gasteiger charge is -2.42. The van der Waals surface area contributed by atoms with E-state index in [-0.39, 0.29) is 12.4 Å². The smallest absolute Gasteiger partial charge is 0.227 e. The fourth-order valence-electron chi connectivity index (χ4n) is 5.47. The molecular weight excluding hydrogens is 499 g/mol. The number of benzene rings is 2. The first-order chi connectivity index (χ1) is 18.4. The minimum absolute atomic E-state index is 0.166. The summed E-state index contributed by atoms with van der Waals surface area (Å²) < 4.78 is 53.4. The fourth-order valence-corrected chi connectivity index (χ4v) is 5.47. The van der Waals surface area contributed by atoms with E-state index in [1.807, 2.05) is 0 Å². The zero-order chi connectivity index (χ0) is 26.8. The van der Waals surface area contributed by atoms with Crippen LogP contribution in [0.1, 0.15) is 25.7 Å². The van der Waals surface area contributed by atoms with E-state index in [2.05, 4.69) is 20.1 Å². The van der Waals surface area contributed by atoms with Crippen LogP contribution in [0.25, 0.3) is 10.9 Å². The summed E-state index contributed by atoms with van der Waals surface area (Å²) in [6.07, 6.45) is 3.98. The van der Waals surface area contributed by atoms with Gasteiger partial charge in [0.2, 0.25) is 5.95 Å². The van der Waals surface area contributed by atoms with E-state index in [1.165, 1.54) is 14.2 Å². The van der Waals surface area contributed by atoms with Crippen LogP contribution in [-0.2, 0) is 0 Å². The molecule has 0 spiro atoms. The van der Waals surface area contributed by atoms with Gasteiger partial charge in [0.05, 0.1) is 19.7 Å². The molecule has 3 aromatic rings. The van der Waals surface area contributed by atoms with Crippen LogP contribution >= 0.6 is 0 Å². The Bertz CT molecular complexity index is 1280. The summed E-state index contributed by atoms with van der Waals surface area (Å²) in [7, 11) is 3.00. The molecule has 0 bridgehead atoms. The molecule has 204 valence electrons. The van der Waals surface area contributed by atoms with E-state index < -0.39 is 23.1 Å². The van der Waals surface area contributed by atoms with Gasteiger partial charge in [-0.3, -0.25) is 4.90 Å². The number of hydrogen-bond donors (Lipinski definition) is 2. The van der Waals surface area contributed by atoms with Gasteiger partial charge in [0, 0.05) is 55.9 Å². The van der Waals surface area contributed by atoms with Crippen molar-refractivity contribution >= 4 is 28.4 Å². The Kier molecular flexibility index (Phi) is 7.75. The number of aliphatic hydroxyl groups excluding tert-OH is 1. The molecule has 0 saturated carbocycles. The van der Waals surface area contributed by atoms with Crippen molar-refractivity contribution in [1.82, 2.24) is 14.9 Å². The first-order valence-electron chi connectivity index (χ1n) is 12.8. The molecule has 0 amide bonds. The Morgan fingerprint density at radius 3 is 2.29 bits per heavy atom. The summed E-state index contributed by atoms with van der Waals surface area (Å²) in [6, 6.07) is 4.99. The van der Waals surface area contributed by atoms with Gasteiger partial charge in [0.1, 0.15) is 17.3 Å². The summed E-state index contributed by atoms with van der Waals surface area (Å²) in [5.74, 6) is -1.37. The number of rotatable bonds is 7. The molecule has 2 aromatic carbocycles. The van der Waals surface area contributed by atoms with Crippen LogP contribution in [0.15, 0.2) is 24.3 Å². The molecule has 2 aliphatic heterocycles.